The molecule has 1 N–H and O–H groups in total. The van der Waals surface area contributed by atoms with Crippen LogP contribution in [0.1, 0.15) is 11.1 Å². The number of hydrogen-bond acceptors (Lipinski definition) is 4. The van der Waals surface area contributed by atoms with Gasteiger partial charge in [0.05, 0.1) is 21.3 Å². The third kappa shape index (κ3) is 2.65. The molecule has 0 saturated heterocycles. The summed E-state index contributed by atoms with van der Waals surface area (Å²) >= 11 is 0. The molecule has 0 amide bonds. The average molecular weight is 300 g/mol. The number of methoxy groups -OCH3 is 3. The Morgan fingerprint density at radius 2 is 1.45 bits per heavy atom. The van der Waals surface area contributed by atoms with Crippen LogP contribution in [-0.4, -0.2) is 26.4 Å². The van der Waals surface area contributed by atoms with E-state index in [1.807, 2.05) is 30.3 Å². The largest absolute Gasteiger partial charge is 0.493 e. The first kappa shape index (κ1) is 15.9. The lowest BCUT2D eigenvalue weighted by atomic mass is 9.86. The molecule has 0 spiro atoms. The monoisotopic (exact) mass is 300 g/mol. The average Bonchev–Trinajstić information content (AvgIpc) is 2.60. The van der Waals surface area contributed by atoms with E-state index in [9.17, 15) is 5.11 Å². The Bertz CT molecular complexity index is 626. The van der Waals surface area contributed by atoms with E-state index >= 15 is 0 Å². The van der Waals surface area contributed by atoms with Crippen LogP contribution < -0.4 is 14.2 Å². The highest BCUT2D eigenvalue weighted by molar-refractivity contribution is 5.57. The number of benzene rings is 2. The van der Waals surface area contributed by atoms with Gasteiger partial charge in [-0.1, -0.05) is 43.0 Å². The second-order valence-corrected chi connectivity index (χ2v) is 4.75. The standard InChI is InChI=1S/C18H20O4/c1-5-18(19,13-9-7-6-8-10-13)14-11-15(20-2)17(22-4)16(12-14)21-3/h5-12,19H,1H2,2-4H3. The SMILES string of the molecule is C=CC(O)(c1ccccc1)c1cc(OC)c(OC)c(OC)c1. The Balaban J connectivity index is 2.66. The molecule has 1 unspecified atom stereocenters. The van der Waals surface area contributed by atoms with Crippen molar-refractivity contribution in [3.63, 3.8) is 0 Å². The Labute approximate surface area is 130 Å². The second kappa shape index (κ2) is 6.54. The predicted octanol–water partition coefficient (Wildman–Crippen LogP) is 3.13. The second-order valence-electron chi connectivity index (χ2n) is 4.75. The summed E-state index contributed by atoms with van der Waals surface area (Å²) in [7, 11) is 4.62. The van der Waals surface area contributed by atoms with Crippen LogP contribution in [0.4, 0.5) is 0 Å². The van der Waals surface area contributed by atoms with Gasteiger partial charge in [0.25, 0.3) is 0 Å². The van der Waals surface area contributed by atoms with Crippen molar-refractivity contribution in [2.24, 2.45) is 0 Å². The van der Waals surface area contributed by atoms with E-state index in [0.717, 1.165) is 0 Å². The number of rotatable bonds is 6. The van der Waals surface area contributed by atoms with Crippen molar-refractivity contribution in [1.29, 1.82) is 0 Å². The molecule has 4 nitrogen and oxygen atoms in total. The molecule has 0 aromatic heterocycles. The van der Waals surface area contributed by atoms with Gasteiger partial charge >= 0.3 is 0 Å². The van der Waals surface area contributed by atoms with Gasteiger partial charge in [-0.25, -0.2) is 0 Å². The first-order valence-electron chi connectivity index (χ1n) is 6.82. The summed E-state index contributed by atoms with van der Waals surface area (Å²) in [5.41, 5.74) is -0.0591. The van der Waals surface area contributed by atoms with Crippen LogP contribution >= 0.6 is 0 Å². The molecule has 0 aliphatic carbocycles. The molecule has 116 valence electrons. The van der Waals surface area contributed by atoms with Crippen molar-refractivity contribution >= 4 is 0 Å². The first-order valence-corrected chi connectivity index (χ1v) is 6.82. The van der Waals surface area contributed by atoms with Crippen molar-refractivity contribution in [2.45, 2.75) is 5.60 Å². The number of ether oxygens (including phenoxy) is 3. The van der Waals surface area contributed by atoms with Gasteiger partial charge in [-0.2, -0.15) is 0 Å². The number of aliphatic hydroxyl groups is 1. The van der Waals surface area contributed by atoms with Gasteiger partial charge in [-0.15, -0.1) is 0 Å². The van der Waals surface area contributed by atoms with Crippen molar-refractivity contribution in [3.8, 4) is 17.2 Å². The van der Waals surface area contributed by atoms with Crippen LogP contribution in [0.25, 0.3) is 0 Å². The van der Waals surface area contributed by atoms with E-state index in [4.69, 9.17) is 14.2 Å². The Hall–Kier alpha value is -2.46. The summed E-state index contributed by atoms with van der Waals surface area (Å²) < 4.78 is 16.0. The molecule has 22 heavy (non-hydrogen) atoms. The molecule has 4 heteroatoms. The Morgan fingerprint density at radius 3 is 1.86 bits per heavy atom. The van der Waals surface area contributed by atoms with Crippen molar-refractivity contribution in [1.82, 2.24) is 0 Å². The minimum Gasteiger partial charge on any atom is -0.493 e. The van der Waals surface area contributed by atoms with Crippen LogP contribution in [0, 0.1) is 0 Å². The predicted molar refractivity (Wildman–Crippen MR) is 85.7 cm³/mol. The molecule has 2 aromatic carbocycles. The molecule has 0 aliphatic rings. The molecule has 0 saturated carbocycles. The van der Waals surface area contributed by atoms with E-state index in [1.54, 1.807) is 12.1 Å². The third-order valence-electron chi connectivity index (χ3n) is 3.61. The topological polar surface area (TPSA) is 47.9 Å². The summed E-state index contributed by atoms with van der Waals surface area (Å²) in [6, 6.07) is 12.7. The Morgan fingerprint density at radius 1 is 0.909 bits per heavy atom. The van der Waals surface area contributed by atoms with E-state index < -0.39 is 5.60 Å². The van der Waals surface area contributed by atoms with Gasteiger partial charge in [-0.3, -0.25) is 0 Å². The van der Waals surface area contributed by atoms with E-state index in [2.05, 4.69) is 6.58 Å². The van der Waals surface area contributed by atoms with Gasteiger partial charge in [0.2, 0.25) is 5.75 Å². The quantitative estimate of drug-likeness (QED) is 0.833. The maximum atomic E-state index is 11.1. The highest BCUT2D eigenvalue weighted by Crippen LogP contribution is 2.42. The van der Waals surface area contributed by atoms with E-state index in [-0.39, 0.29) is 0 Å². The summed E-state index contributed by atoms with van der Waals surface area (Å²) in [5.74, 6) is 1.44. The van der Waals surface area contributed by atoms with Crippen LogP contribution in [0.15, 0.2) is 55.1 Å². The summed E-state index contributed by atoms with van der Waals surface area (Å²) in [4.78, 5) is 0. The van der Waals surface area contributed by atoms with E-state index in [0.29, 0.717) is 28.4 Å². The van der Waals surface area contributed by atoms with Gasteiger partial charge in [0.15, 0.2) is 11.5 Å². The molecule has 2 aromatic rings. The molecule has 0 radical (unpaired) electrons. The molecule has 0 fully saturated rings. The lowest BCUT2D eigenvalue weighted by Gasteiger charge is -2.27. The lowest BCUT2D eigenvalue weighted by molar-refractivity contribution is 0.134. The minimum atomic E-state index is -1.35. The fourth-order valence-electron chi connectivity index (χ4n) is 2.40. The highest BCUT2D eigenvalue weighted by atomic mass is 16.5. The van der Waals surface area contributed by atoms with Crippen LogP contribution in [0.2, 0.25) is 0 Å². The fourth-order valence-corrected chi connectivity index (χ4v) is 2.40. The van der Waals surface area contributed by atoms with E-state index in [1.165, 1.54) is 27.4 Å². The molecule has 0 heterocycles. The van der Waals surface area contributed by atoms with Crippen LogP contribution in [-0.2, 0) is 5.60 Å². The maximum Gasteiger partial charge on any atom is 0.203 e. The zero-order chi connectivity index (χ0) is 16.2. The zero-order valence-corrected chi connectivity index (χ0v) is 13.0. The number of hydrogen-bond donors (Lipinski definition) is 1. The normalized spacial score (nSPS) is 13.1. The van der Waals surface area contributed by atoms with Crippen molar-refractivity contribution in [2.75, 3.05) is 21.3 Å². The summed E-state index contributed by atoms with van der Waals surface area (Å²) in [6.07, 6.45) is 1.49. The zero-order valence-electron chi connectivity index (χ0n) is 13.0. The first-order chi connectivity index (χ1) is 10.6. The van der Waals surface area contributed by atoms with Crippen LogP contribution in [0.3, 0.4) is 0 Å². The molecular formula is C18H20O4. The Kier molecular flexibility index (Phi) is 4.73. The minimum absolute atomic E-state index is 0.480. The smallest absolute Gasteiger partial charge is 0.203 e. The fraction of sp³-hybridized carbons (Fsp3) is 0.222. The molecule has 1 atom stereocenters. The van der Waals surface area contributed by atoms with Crippen LogP contribution in [0.5, 0.6) is 17.2 Å². The van der Waals surface area contributed by atoms with Gasteiger partial charge in [0, 0.05) is 0 Å². The van der Waals surface area contributed by atoms with Gasteiger partial charge < -0.3 is 19.3 Å². The van der Waals surface area contributed by atoms with Gasteiger partial charge in [0.1, 0.15) is 5.60 Å². The molecule has 0 aliphatic heterocycles. The van der Waals surface area contributed by atoms with Crippen molar-refractivity contribution < 1.29 is 19.3 Å². The molecule has 2 rings (SSSR count). The third-order valence-corrected chi connectivity index (χ3v) is 3.61. The summed E-state index contributed by atoms with van der Waals surface area (Å²) in [5, 5.41) is 11.1. The lowest BCUT2D eigenvalue weighted by Crippen LogP contribution is -2.24. The van der Waals surface area contributed by atoms with Gasteiger partial charge in [-0.05, 0) is 23.3 Å². The van der Waals surface area contributed by atoms with Crippen molar-refractivity contribution in [3.05, 3.63) is 66.2 Å². The molecular weight excluding hydrogens is 280 g/mol. The summed E-state index contributed by atoms with van der Waals surface area (Å²) in [6.45, 7) is 3.78. The molecule has 0 bridgehead atoms. The highest BCUT2D eigenvalue weighted by Gasteiger charge is 2.30. The maximum absolute atomic E-state index is 11.1.